The molecule has 1 fully saturated rings. The number of likely N-dealkylation sites (N-methyl/N-ethyl adjacent to an activating group) is 1. The number of nitrogens with zero attached hydrogens (tertiary/aromatic N) is 4. The zero-order chi connectivity index (χ0) is 24.9. The van der Waals surface area contributed by atoms with Gasteiger partial charge in [0.25, 0.3) is 0 Å². The van der Waals surface area contributed by atoms with Gasteiger partial charge in [-0.3, -0.25) is 0 Å². The first-order chi connectivity index (χ1) is 16.9. The van der Waals surface area contributed by atoms with Crippen molar-refractivity contribution in [2.45, 2.75) is 33.0 Å². The quantitative estimate of drug-likeness (QED) is 0.415. The van der Waals surface area contributed by atoms with Crippen LogP contribution >= 0.6 is 0 Å². The van der Waals surface area contributed by atoms with E-state index in [2.05, 4.69) is 15.4 Å². The van der Waals surface area contributed by atoms with E-state index in [0.717, 1.165) is 33.9 Å². The van der Waals surface area contributed by atoms with Crippen molar-refractivity contribution in [1.29, 1.82) is 0 Å². The zero-order valence-electron chi connectivity index (χ0n) is 20.6. The highest BCUT2D eigenvalue weighted by Crippen LogP contribution is 2.35. The fraction of sp³-hybridized carbons (Fsp3) is 0.480. The Labute approximate surface area is 204 Å². The Morgan fingerprint density at radius 2 is 2.09 bits per heavy atom. The van der Waals surface area contributed by atoms with Gasteiger partial charge in [-0.1, -0.05) is 17.3 Å². The summed E-state index contributed by atoms with van der Waals surface area (Å²) in [6, 6.07) is 7.52. The van der Waals surface area contributed by atoms with Crippen LogP contribution in [0.5, 0.6) is 5.75 Å². The van der Waals surface area contributed by atoms with Crippen LogP contribution in [-0.4, -0.2) is 84.0 Å². The van der Waals surface area contributed by atoms with Crippen LogP contribution in [0.3, 0.4) is 0 Å². The summed E-state index contributed by atoms with van der Waals surface area (Å²) < 4.78 is 16.9. The number of ether oxygens (including phenoxy) is 2. The first kappa shape index (κ1) is 25.1. The fourth-order valence-corrected chi connectivity index (χ4v) is 4.24. The number of nitrogens with one attached hydrogen (secondary N) is 1. The third-order valence-electron chi connectivity index (χ3n) is 6.01. The maximum atomic E-state index is 9.98. The number of aliphatic hydroxyl groups is 2. The van der Waals surface area contributed by atoms with E-state index in [0.29, 0.717) is 43.6 Å². The number of aromatic nitrogens is 3. The van der Waals surface area contributed by atoms with Gasteiger partial charge in [-0.2, -0.15) is 0 Å². The summed E-state index contributed by atoms with van der Waals surface area (Å²) in [7, 11) is 1.78. The topological polar surface area (TPSA) is 126 Å². The van der Waals surface area contributed by atoms with Crippen LogP contribution in [0, 0.1) is 20.8 Å². The van der Waals surface area contributed by atoms with Gasteiger partial charge in [0.15, 0.2) is 5.82 Å². The molecule has 0 bridgehead atoms. The number of benzene rings is 1. The van der Waals surface area contributed by atoms with E-state index >= 15 is 0 Å². The maximum absolute atomic E-state index is 9.98. The first-order valence-electron chi connectivity index (χ1n) is 11.8. The number of aliphatic hydroxyl groups excluding tert-OH is 2. The molecule has 0 amide bonds. The van der Waals surface area contributed by atoms with Crippen molar-refractivity contribution in [3.05, 3.63) is 41.3 Å². The Bertz CT molecular complexity index is 1130. The van der Waals surface area contributed by atoms with Crippen molar-refractivity contribution in [2.24, 2.45) is 0 Å². The molecule has 4 rings (SSSR count). The molecule has 1 aliphatic rings. The van der Waals surface area contributed by atoms with Crippen molar-refractivity contribution >= 4 is 5.82 Å². The number of hydrogen-bond donors (Lipinski definition) is 3. The Morgan fingerprint density at radius 3 is 2.80 bits per heavy atom. The van der Waals surface area contributed by atoms with Crippen LogP contribution in [0.1, 0.15) is 17.0 Å². The molecule has 0 saturated carbocycles. The second-order valence-electron chi connectivity index (χ2n) is 8.72. The molecule has 1 aromatic carbocycles. The third-order valence-corrected chi connectivity index (χ3v) is 6.01. The largest absolute Gasteiger partial charge is 0.491 e. The lowest BCUT2D eigenvalue weighted by molar-refractivity contribution is 0.00333. The summed E-state index contributed by atoms with van der Waals surface area (Å²) in [6.07, 6.45) is -0.886. The normalized spacial score (nSPS) is 17.0. The van der Waals surface area contributed by atoms with Crippen molar-refractivity contribution in [3.63, 3.8) is 0 Å². The van der Waals surface area contributed by atoms with Gasteiger partial charge in [0.2, 0.25) is 0 Å². The van der Waals surface area contributed by atoms with Crippen LogP contribution < -0.4 is 15.0 Å². The van der Waals surface area contributed by atoms with Crippen LogP contribution in [-0.2, 0) is 4.74 Å². The van der Waals surface area contributed by atoms with Crippen molar-refractivity contribution in [1.82, 2.24) is 20.4 Å². The third kappa shape index (κ3) is 5.62. The van der Waals surface area contributed by atoms with Crippen molar-refractivity contribution < 1.29 is 24.2 Å². The molecule has 10 heteroatoms. The lowest BCUT2D eigenvalue weighted by atomic mass is 10.0. The molecule has 3 N–H and O–H groups in total. The summed E-state index contributed by atoms with van der Waals surface area (Å²) in [4.78, 5) is 12.0. The summed E-state index contributed by atoms with van der Waals surface area (Å²) in [5, 5.41) is 26.7. The number of rotatable bonds is 9. The SMILES string of the molecule is CNCC(O)COc1cccc(-c2nc(-c3c(C)noc3C)c(C)c(N3CCO[C@@H](CO)C3)n2)c1. The minimum atomic E-state index is -0.613. The maximum Gasteiger partial charge on any atom is 0.162 e. The lowest BCUT2D eigenvalue weighted by Crippen LogP contribution is -2.44. The second-order valence-corrected chi connectivity index (χ2v) is 8.72. The fourth-order valence-electron chi connectivity index (χ4n) is 4.24. The molecule has 2 atom stereocenters. The van der Waals surface area contributed by atoms with Gasteiger partial charge < -0.3 is 34.4 Å². The molecule has 188 valence electrons. The van der Waals surface area contributed by atoms with E-state index in [9.17, 15) is 10.2 Å². The van der Waals surface area contributed by atoms with Gasteiger partial charge >= 0.3 is 0 Å². The Hall–Kier alpha value is -3.05. The van der Waals surface area contributed by atoms with Crippen LogP contribution in [0.2, 0.25) is 0 Å². The van der Waals surface area contributed by atoms with Crippen molar-refractivity contribution in [2.75, 3.05) is 51.4 Å². The predicted molar refractivity (Wildman–Crippen MR) is 132 cm³/mol. The Kier molecular flexibility index (Phi) is 7.97. The van der Waals surface area contributed by atoms with Gasteiger partial charge in [-0.05, 0) is 40.0 Å². The standard InChI is InChI=1S/C25H33N5O5/c1-15-23(22-16(2)29-35-17(22)3)27-24(28-25(15)30-8-9-33-21(12-30)13-31)18-6-5-7-20(10-18)34-14-19(32)11-26-4/h5-7,10,19,21,26,31-32H,8-9,11-14H2,1-4H3/t19?,21-/m1/s1. The summed E-state index contributed by atoms with van der Waals surface area (Å²) in [5.41, 5.74) is 4.05. The van der Waals surface area contributed by atoms with Gasteiger partial charge in [-0.25, -0.2) is 9.97 Å². The van der Waals surface area contributed by atoms with E-state index in [1.807, 2.05) is 45.0 Å². The predicted octanol–water partition coefficient (Wildman–Crippen LogP) is 1.88. The summed E-state index contributed by atoms with van der Waals surface area (Å²) >= 11 is 0. The average molecular weight is 484 g/mol. The molecule has 3 heterocycles. The Balaban J connectivity index is 1.76. The molecule has 1 unspecified atom stereocenters. The number of anilines is 1. The molecule has 10 nitrogen and oxygen atoms in total. The van der Waals surface area contributed by atoms with Gasteiger partial charge in [-0.15, -0.1) is 0 Å². The smallest absolute Gasteiger partial charge is 0.162 e. The molecule has 0 radical (unpaired) electrons. The Morgan fingerprint density at radius 1 is 1.26 bits per heavy atom. The van der Waals surface area contributed by atoms with Crippen molar-refractivity contribution in [3.8, 4) is 28.4 Å². The molecular weight excluding hydrogens is 450 g/mol. The van der Waals surface area contributed by atoms with E-state index in [4.69, 9.17) is 24.0 Å². The highest BCUT2D eigenvalue weighted by Gasteiger charge is 2.26. The minimum Gasteiger partial charge on any atom is -0.491 e. The minimum absolute atomic E-state index is 0.0526. The van der Waals surface area contributed by atoms with Gasteiger partial charge in [0.1, 0.15) is 30.0 Å². The van der Waals surface area contributed by atoms with Gasteiger partial charge in [0.05, 0.1) is 36.3 Å². The first-order valence-corrected chi connectivity index (χ1v) is 11.8. The van der Waals surface area contributed by atoms with E-state index in [1.165, 1.54) is 0 Å². The lowest BCUT2D eigenvalue weighted by Gasteiger charge is -2.34. The van der Waals surface area contributed by atoms with Crippen LogP contribution in [0.4, 0.5) is 5.82 Å². The average Bonchev–Trinajstić information content (AvgIpc) is 3.21. The van der Waals surface area contributed by atoms with Crippen LogP contribution in [0.15, 0.2) is 28.8 Å². The molecule has 3 aromatic rings. The highest BCUT2D eigenvalue weighted by molar-refractivity contribution is 5.75. The molecule has 35 heavy (non-hydrogen) atoms. The monoisotopic (exact) mass is 483 g/mol. The molecule has 1 aliphatic heterocycles. The second kappa shape index (κ2) is 11.1. The number of hydrogen-bond acceptors (Lipinski definition) is 10. The molecule has 0 spiro atoms. The van der Waals surface area contributed by atoms with Gasteiger partial charge in [0, 0.05) is 30.8 Å². The van der Waals surface area contributed by atoms with E-state index < -0.39 is 6.10 Å². The van der Waals surface area contributed by atoms with E-state index in [-0.39, 0.29) is 19.3 Å². The zero-order valence-corrected chi connectivity index (χ0v) is 20.6. The number of aryl methyl sites for hydroxylation is 2. The molecule has 1 saturated heterocycles. The van der Waals surface area contributed by atoms with E-state index in [1.54, 1.807) is 7.05 Å². The summed E-state index contributed by atoms with van der Waals surface area (Å²) in [5.74, 6) is 2.62. The number of morpholine rings is 1. The molecule has 0 aliphatic carbocycles. The van der Waals surface area contributed by atoms with Crippen LogP contribution in [0.25, 0.3) is 22.6 Å². The highest BCUT2D eigenvalue weighted by atomic mass is 16.5. The molecule has 2 aromatic heterocycles. The summed E-state index contributed by atoms with van der Waals surface area (Å²) in [6.45, 7) is 8.01. The molecular formula is C25H33N5O5.